The third kappa shape index (κ3) is 4.73. The van der Waals surface area contributed by atoms with Crippen LogP contribution in [0.5, 0.6) is 5.75 Å². The van der Waals surface area contributed by atoms with E-state index in [0.29, 0.717) is 0 Å². The zero-order valence-corrected chi connectivity index (χ0v) is 15.2. The minimum Gasteiger partial charge on any atom is -0.496 e. The molecule has 0 N–H and O–H groups in total. The zero-order chi connectivity index (χ0) is 17.5. The molecular formula is C24H26O. The average molecular weight is 330 g/mol. The molecule has 0 spiro atoms. The van der Waals surface area contributed by atoms with Crippen molar-refractivity contribution in [1.82, 2.24) is 0 Å². The van der Waals surface area contributed by atoms with Gasteiger partial charge in [-0.3, -0.25) is 0 Å². The number of ether oxygens (including phenoxy) is 1. The SMILES string of the molecule is COc1cc(C)ccc1-c1cccc(CCCCc2ccccc2)c1. The van der Waals surface area contributed by atoms with Crippen LogP contribution in [0.25, 0.3) is 11.1 Å². The molecule has 0 heterocycles. The van der Waals surface area contributed by atoms with E-state index in [4.69, 9.17) is 4.74 Å². The lowest BCUT2D eigenvalue weighted by atomic mass is 9.98. The van der Waals surface area contributed by atoms with Gasteiger partial charge in [-0.15, -0.1) is 0 Å². The maximum atomic E-state index is 5.57. The Labute approximate surface area is 151 Å². The molecule has 0 fully saturated rings. The summed E-state index contributed by atoms with van der Waals surface area (Å²) in [5.41, 5.74) is 6.45. The van der Waals surface area contributed by atoms with E-state index in [-0.39, 0.29) is 0 Å². The Morgan fingerprint density at radius 2 is 1.44 bits per heavy atom. The molecule has 0 radical (unpaired) electrons. The molecule has 0 saturated carbocycles. The molecule has 0 saturated heterocycles. The molecule has 3 aromatic carbocycles. The summed E-state index contributed by atoms with van der Waals surface area (Å²) >= 11 is 0. The lowest BCUT2D eigenvalue weighted by Gasteiger charge is -2.11. The molecule has 0 amide bonds. The van der Waals surface area contributed by atoms with E-state index < -0.39 is 0 Å². The summed E-state index contributed by atoms with van der Waals surface area (Å²) in [6.45, 7) is 2.09. The van der Waals surface area contributed by atoms with Crippen LogP contribution in [0.1, 0.15) is 29.5 Å². The molecule has 0 bridgehead atoms. The topological polar surface area (TPSA) is 9.23 Å². The Balaban J connectivity index is 1.64. The fourth-order valence-corrected chi connectivity index (χ4v) is 3.23. The molecular weight excluding hydrogens is 304 g/mol. The van der Waals surface area contributed by atoms with Crippen LogP contribution in [-0.2, 0) is 12.8 Å². The van der Waals surface area contributed by atoms with Gasteiger partial charge in [0.05, 0.1) is 7.11 Å². The van der Waals surface area contributed by atoms with Gasteiger partial charge in [0.25, 0.3) is 0 Å². The van der Waals surface area contributed by atoms with Crippen molar-refractivity contribution in [3.63, 3.8) is 0 Å². The van der Waals surface area contributed by atoms with Crippen molar-refractivity contribution >= 4 is 0 Å². The molecule has 0 unspecified atom stereocenters. The Morgan fingerprint density at radius 1 is 0.720 bits per heavy atom. The molecule has 0 aromatic heterocycles. The normalized spacial score (nSPS) is 10.6. The molecule has 1 heteroatoms. The van der Waals surface area contributed by atoms with Gasteiger partial charge in [0, 0.05) is 5.56 Å². The van der Waals surface area contributed by atoms with Crippen molar-refractivity contribution in [2.45, 2.75) is 32.6 Å². The van der Waals surface area contributed by atoms with Gasteiger partial charge in [-0.2, -0.15) is 0 Å². The third-order valence-electron chi connectivity index (χ3n) is 4.62. The van der Waals surface area contributed by atoms with Gasteiger partial charge in [0.15, 0.2) is 0 Å². The van der Waals surface area contributed by atoms with Gasteiger partial charge in [-0.1, -0.05) is 66.7 Å². The molecule has 25 heavy (non-hydrogen) atoms. The summed E-state index contributed by atoms with van der Waals surface area (Å²) in [7, 11) is 1.74. The van der Waals surface area contributed by atoms with E-state index in [1.165, 1.54) is 40.7 Å². The predicted molar refractivity (Wildman–Crippen MR) is 106 cm³/mol. The Kier molecular flexibility index (Phi) is 5.90. The van der Waals surface area contributed by atoms with Gasteiger partial charge in [0.2, 0.25) is 0 Å². The summed E-state index contributed by atoms with van der Waals surface area (Å²) < 4.78 is 5.57. The Hall–Kier alpha value is -2.54. The van der Waals surface area contributed by atoms with Crippen molar-refractivity contribution in [3.05, 3.63) is 89.5 Å². The number of aryl methyl sites for hydroxylation is 3. The van der Waals surface area contributed by atoms with Gasteiger partial charge in [-0.05, 0) is 60.9 Å². The van der Waals surface area contributed by atoms with Gasteiger partial charge < -0.3 is 4.74 Å². The standard InChI is InChI=1S/C24H26O/c1-19-15-16-23(24(17-19)25-2)22-14-8-13-21(18-22)12-7-6-11-20-9-4-3-5-10-20/h3-5,8-10,13-18H,6-7,11-12H2,1-2H3. The minimum absolute atomic E-state index is 0.946. The summed E-state index contributed by atoms with van der Waals surface area (Å²) in [5.74, 6) is 0.946. The molecule has 0 aliphatic carbocycles. The summed E-state index contributed by atoms with van der Waals surface area (Å²) in [6.07, 6.45) is 4.71. The predicted octanol–water partition coefficient (Wildman–Crippen LogP) is 6.24. The van der Waals surface area contributed by atoms with E-state index in [0.717, 1.165) is 18.6 Å². The highest BCUT2D eigenvalue weighted by atomic mass is 16.5. The molecule has 1 nitrogen and oxygen atoms in total. The second-order valence-corrected chi connectivity index (χ2v) is 6.60. The van der Waals surface area contributed by atoms with Crippen LogP contribution in [-0.4, -0.2) is 7.11 Å². The van der Waals surface area contributed by atoms with Crippen molar-refractivity contribution in [1.29, 1.82) is 0 Å². The second-order valence-electron chi connectivity index (χ2n) is 6.60. The fourth-order valence-electron chi connectivity index (χ4n) is 3.23. The first-order valence-electron chi connectivity index (χ1n) is 9.04. The van der Waals surface area contributed by atoms with Crippen LogP contribution in [0.15, 0.2) is 72.8 Å². The van der Waals surface area contributed by atoms with Crippen LogP contribution in [0, 0.1) is 6.92 Å². The van der Waals surface area contributed by atoms with Crippen molar-refractivity contribution in [2.75, 3.05) is 7.11 Å². The van der Waals surface area contributed by atoms with Crippen LogP contribution in [0.3, 0.4) is 0 Å². The largest absolute Gasteiger partial charge is 0.496 e. The maximum Gasteiger partial charge on any atom is 0.126 e. The lowest BCUT2D eigenvalue weighted by Crippen LogP contribution is -1.92. The third-order valence-corrected chi connectivity index (χ3v) is 4.62. The van der Waals surface area contributed by atoms with E-state index in [1.54, 1.807) is 7.11 Å². The number of hydrogen-bond donors (Lipinski definition) is 0. The number of hydrogen-bond acceptors (Lipinski definition) is 1. The lowest BCUT2D eigenvalue weighted by molar-refractivity contribution is 0.416. The molecule has 3 rings (SSSR count). The molecule has 0 atom stereocenters. The Morgan fingerprint density at radius 3 is 2.20 bits per heavy atom. The first-order chi connectivity index (χ1) is 12.3. The fraction of sp³-hybridized carbons (Fsp3) is 0.250. The van der Waals surface area contributed by atoms with Gasteiger partial charge in [-0.25, -0.2) is 0 Å². The maximum absolute atomic E-state index is 5.57. The van der Waals surface area contributed by atoms with Crippen LogP contribution >= 0.6 is 0 Å². The van der Waals surface area contributed by atoms with Gasteiger partial charge in [0.1, 0.15) is 5.75 Å². The average Bonchev–Trinajstić information content (AvgIpc) is 2.66. The van der Waals surface area contributed by atoms with E-state index in [1.807, 2.05) is 0 Å². The number of rotatable bonds is 7. The molecule has 0 aliphatic rings. The van der Waals surface area contributed by atoms with Gasteiger partial charge >= 0.3 is 0 Å². The smallest absolute Gasteiger partial charge is 0.126 e. The Bertz CT molecular complexity index is 805. The summed E-state index contributed by atoms with van der Waals surface area (Å²) in [6, 6.07) is 26.0. The van der Waals surface area contributed by atoms with Crippen molar-refractivity contribution in [2.24, 2.45) is 0 Å². The highest BCUT2D eigenvalue weighted by Crippen LogP contribution is 2.31. The molecule has 0 aliphatic heterocycles. The minimum atomic E-state index is 0.946. The zero-order valence-electron chi connectivity index (χ0n) is 15.2. The summed E-state index contributed by atoms with van der Waals surface area (Å²) in [5, 5.41) is 0. The van der Waals surface area contributed by atoms with Crippen LogP contribution in [0.2, 0.25) is 0 Å². The number of unbranched alkanes of at least 4 members (excludes halogenated alkanes) is 1. The summed E-state index contributed by atoms with van der Waals surface area (Å²) in [4.78, 5) is 0. The van der Waals surface area contributed by atoms with Crippen molar-refractivity contribution < 1.29 is 4.74 Å². The molecule has 128 valence electrons. The number of benzene rings is 3. The van der Waals surface area contributed by atoms with Crippen LogP contribution < -0.4 is 4.74 Å². The highest BCUT2D eigenvalue weighted by Gasteiger charge is 2.06. The van der Waals surface area contributed by atoms with E-state index in [2.05, 4.69) is 79.7 Å². The van der Waals surface area contributed by atoms with E-state index >= 15 is 0 Å². The van der Waals surface area contributed by atoms with Crippen molar-refractivity contribution in [3.8, 4) is 16.9 Å². The quantitative estimate of drug-likeness (QED) is 0.466. The monoisotopic (exact) mass is 330 g/mol. The first-order valence-corrected chi connectivity index (χ1v) is 9.04. The van der Waals surface area contributed by atoms with Crippen LogP contribution in [0.4, 0.5) is 0 Å². The molecule has 3 aromatic rings. The highest BCUT2D eigenvalue weighted by molar-refractivity contribution is 5.71. The second kappa shape index (κ2) is 8.53. The first kappa shape index (κ1) is 17.3. The number of methoxy groups -OCH3 is 1. The van der Waals surface area contributed by atoms with E-state index in [9.17, 15) is 0 Å².